The smallest absolute Gasteiger partial charge is 0.00391 e. The summed E-state index contributed by atoms with van der Waals surface area (Å²) in [6, 6.07) is 0. The lowest BCUT2D eigenvalue weighted by Crippen LogP contribution is -2.07. The van der Waals surface area contributed by atoms with Crippen LogP contribution >= 0.6 is 11.8 Å². The Hall–Kier alpha value is 0.350. The number of thioether (sulfide) groups is 1. The molecule has 2 unspecified atom stereocenters. The fourth-order valence-electron chi connectivity index (χ4n) is 2.03. The fourth-order valence-corrected chi connectivity index (χ4v) is 3.64. The van der Waals surface area contributed by atoms with Crippen molar-refractivity contribution in [3.8, 4) is 0 Å². The molecule has 2 atom stereocenters. The van der Waals surface area contributed by atoms with Gasteiger partial charge in [-0.05, 0) is 36.2 Å². The van der Waals surface area contributed by atoms with Crippen LogP contribution in [0.25, 0.3) is 0 Å². The van der Waals surface area contributed by atoms with Crippen molar-refractivity contribution >= 4 is 11.8 Å². The van der Waals surface area contributed by atoms with Crippen molar-refractivity contribution in [1.82, 2.24) is 0 Å². The highest BCUT2D eigenvalue weighted by molar-refractivity contribution is 7.99. The van der Waals surface area contributed by atoms with Gasteiger partial charge in [-0.3, -0.25) is 0 Å². The third-order valence-corrected chi connectivity index (χ3v) is 4.67. The molecule has 0 aliphatic rings. The van der Waals surface area contributed by atoms with Crippen LogP contribution in [-0.2, 0) is 0 Å². The molecule has 0 saturated carbocycles. The molecular formula is C14H30S. The topological polar surface area (TPSA) is 0 Å². The first-order chi connectivity index (χ1) is 7.28. The zero-order valence-electron chi connectivity index (χ0n) is 11.2. The minimum atomic E-state index is 0.971. The van der Waals surface area contributed by atoms with E-state index >= 15 is 0 Å². The van der Waals surface area contributed by atoms with E-state index in [-0.39, 0.29) is 0 Å². The SMILES string of the molecule is CCCC(CC)CSCC(CC)CCC. The van der Waals surface area contributed by atoms with Gasteiger partial charge in [0.25, 0.3) is 0 Å². The molecule has 0 radical (unpaired) electrons. The first-order valence-corrected chi connectivity index (χ1v) is 8.01. The molecule has 0 aromatic rings. The average Bonchev–Trinajstić information content (AvgIpc) is 2.26. The van der Waals surface area contributed by atoms with Crippen LogP contribution in [0.1, 0.15) is 66.2 Å². The first-order valence-electron chi connectivity index (χ1n) is 6.86. The van der Waals surface area contributed by atoms with Gasteiger partial charge in [0.05, 0.1) is 0 Å². The van der Waals surface area contributed by atoms with Gasteiger partial charge in [-0.2, -0.15) is 11.8 Å². The molecule has 1 heteroatoms. The lowest BCUT2D eigenvalue weighted by Gasteiger charge is -2.17. The van der Waals surface area contributed by atoms with Crippen LogP contribution in [0.15, 0.2) is 0 Å². The van der Waals surface area contributed by atoms with Gasteiger partial charge in [0.2, 0.25) is 0 Å². The second-order valence-corrected chi connectivity index (χ2v) is 5.74. The minimum absolute atomic E-state index is 0.971. The third-order valence-electron chi connectivity index (χ3n) is 3.26. The Morgan fingerprint density at radius 1 is 0.733 bits per heavy atom. The zero-order valence-corrected chi connectivity index (χ0v) is 12.0. The van der Waals surface area contributed by atoms with Gasteiger partial charge in [-0.25, -0.2) is 0 Å². The van der Waals surface area contributed by atoms with Gasteiger partial charge in [0.1, 0.15) is 0 Å². The molecule has 15 heavy (non-hydrogen) atoms. The van der Waals surface area contributed by atoms with Crippen LogP contribution in [0, 0.1) is 11.8 Å². The Kier molecular flexibility index (Phi) is 11.1. The summed E-state index contributed by atoms with van der Waals surface area (Å²) < 4.78 is 0. The van der Waals surface area contributed by atoms with E-state index in [9.17, 15) is 0 Å². The van der Waals surface area contributed by atoms with E-state index in [1.54, 1.807) is 0 Å². The normalized spacial score (nSPS) is 15.2. The standard InChI is InChI=1S/C14H30S/c1-5-9-13(7-3)11-15-12-14(8-4)10-6-2/h13-14H,5-12H2,1-4H3. The summed E-state index contributed by atoms with van der Waals surface area (Å²) in [5.74, 6) is 4.73. The summed E-state index contributed by atoms with van der Waals surface area (Å²) in [5.41, 5.74) is 0. The van der Waals surface area contributed by atoms with Crippen LogP contribution in [0.4, 0.5) is 0 Å². The molecular weight excluding hydrogens is 200 g/mol. The van der Waals surface area contributed by atoms with Crippen LogP contribution in [-0.4, -0.2) is 11.5 Å². The van der Waals surface area contributed by atoms with Gasteiger partial charge in [-0.1, -0.05) is 53.4 Å². The summed E-state index contributed by atoms with van der Waals surface area (Å²) in [4.78, 5) is 0. The molecule has 0 nitrogen and oxygen atoms in total. The van der Waals surface area contributed by atoms with E-state index in [4.69, 9.17) is 0 Å². The predicted molar refractivity (Wildman–Crippen MR) is 74.7 cm³/mol. The van der Waals surface area contributed by atoms with Crippen molar-refractivity contribution in [2.45, 2.75) is 66.2 Å². The van der Waals surface area contributed by atoms with Gasteiger partial charge >= 0.3 is 0 Å². The van der Waals surface area contributed by atoms with Crippen molar-refractivity contribution in [2.24, 2.45) is 11.8 Å². The maximum atomic E-state index is 2.34. The zero-order chi connectivity index (χ0) is 11.5. The van der Waals surface area contributed by atoms with Crippen molar-refractivity contribution in [3.05, 3.63) is 0 Å². The van der Waals surface area contributed by atoms with Gasteiger partial charge in [0, 0.05) is 0 Å². The summed E-state index contributed by atoms with van der Waals surface area (Å²) >= 11 is 2.20. The van der Waals surface area contributed by atoms with Gasteiger partial charge in [-0.15, -0.1) is 0 Å². The predicted octanol–water partition coefficient (Wildman–Crippen LogP) is 5.37. The van der Waals surface area contributed by atoms with E-state index < -0.39 is 0 Å². The Bertz CT molecular complexity index is 109. The van der Waals surface area contributed by atoms with E-state index in [0.717, 1.165) is 11.8 Å². The summed E-state index contributed by atoms with van der Waals surface area (Å²) in [6.07, 6.45) is 8.29. The Morgan fingerprint density at radius 3 is 1.40 bits per heavy atom. The molecule has 0 fully saturated rings. The Labute approximate surface area is 102 Å². The van der Waals surface area contributed by atoms with Crippen molar-refractivity contribution in [3.63, 3.8) is 0 Å². The van der Waals surface area contributed by atoms with E-state index in [1.165, 1.54) is 50.0 Å². The molecule has 0 aliphatic heterocycles. The number of hydrogen-bond donors (Lipinski definition) is 0. The monoisotopic (exact) mass is 230 g/mol. The minimum Gasteiger partial charge on any atom is -0.161 e. The van der Waals surface area contributed by atoms with E-state index in [2.05, 4.69) is 39.5 Å². The lowest BCUT2D eigenvalue weighted by molar-refractivity contribution is 0.506. The summed E-state index contributed by atoms with van der Waals surface area (Å²) in [5, 5.41) is 0. The second kappa shape index (κ2) is 10.9. The molecule has 0 spiro atoms. The van der Waals surface area contributed by atoms with E-state index in [1.807, 2.05) is 0 Å². The maximum absolute atomic E-state index is 2.34. The molecule has 0 aromatic heterocycles. The molecule has 0 rings (SSSR count). The molecule has 0 aliphatic carbocycles. The molecule has 92 valence electrons. The number of rotatable bonds is 10. The molecule has 0 saturated heterocycles. The molecule has 0 bridgehead atoms. The highest BCUT2D eigenvalue weighted by Gasteiger charge is 2.08. The lowest BCUT2D eigenvalue weighted by atomic mass is 10.0. The van der Waals surface area contributed by atoms with Crippen molar-refractivity contribution < 1.29 is 0 Å². The van der Waals surface area contributed by atoms with Crippen LogP contribution in [0.5, 0.6) is 0 Å². The molecule has 0 heterocycles. The van der Waals surface area contributed by atoms with E-state index in [0.29, 0.717) is 0 Å². The Morgan fingerprint density at radius 2 is 1.13 bits per heavy atom. The van der Waals surface area contributed by atoms with Gasteiger partial charge in [0.15, 0.2) is 0 Å². The van der Waals surface area contributed by atoms with Crippen LogP contribution in [0.2, 0.25) is 0 Å². The quantitative estimate of drug-likeness (QED) is 0.486. The third kappa shape index (κ3) is 8.19. The summed E-state index contributed by atoms with van der Waals surface area (Å²) in [6.45, 7) is 9.28. The Balaban J connectivity index is 3.55. The molecule has 0 aromatic carbocycles. The van der Waals surface area contributed by atoms with Crippen LogP contribution < -0.4 is 0 Å². The fraction of sp³-hybridized carbons (Fsp3) is 1.00. The molecule has 0 N–H and O–H groups in total. The average molecular weight is 230 g/mol. The van der Waals surface area contributed by atoms with Gasteiger partial charge < -0.3 is 0 Å². The van der Waals surface area contributed by atoms with Crippen LogP contribution in [0.3, 0.4) is 0 Å². The second-order valence-electron chi connectivity index (χ2n) is 4.66. The van der Waals surface area contributed by atoms with Crippen molar-refractivity contribution in [1.29, 1.82) is 0 Å². The largest absolute Gasteiger partial charge is 0.161 e. The maximum Gasteiger partial charge on any atom is -0.00391 e. The highest BCUT2D eigenvalue weighted by Crippen LogP contribution is 2.22. The molecule has 0 amide bonds. The first kappa shape index (κ1) is 15.3. The highest BCUT2D eigenvalue weighted by atomic mass is 32.2. The number of hydrogen-bond acceptors (Lipinski definition) is 1. The van der Waals surface area contributed by atoms with Crippen molar-refractivity contribution in [2.75, 3.05) is 11.5 Å². The summed E-state index contributed by atoms with van der Waals surface area (Å²) in [7, 11) is 0.